The lowest BCUT2D eigenvalue weighted by atomic mass is 9.76. The number of ketones is 2. The molecule has 7 aromatic rings. The quantitative estimate of drug-likeness (QED) is 0.139. The number of carbonyl (C=O) groups excluding carboxylic acids is 2. The van der Waals surface area contributed by atoms with Gasteiger partial charge in [0.25, 0.3) is 0 Å². The maximum absolute atomic E-state index is 11.6. The van der Waals surface area contributed by atoms with Gasteiger partial charge in [0.15, 0.2) is 0 Å². The van der Waals surface area contributed by atoms with Crippen molar-refractivity contribution >= 4 is 56.8 Å². The number of benzene rings is 5. The summed E-state index contributed by atoms with van der Waals surface area (Å²) in [6, 6.07) is 28.3. The van der Waals surface area contributed by atoms with Crippen molar-refractivity contribution in [1.82, 2.24) is 30.0 Å². The summed E-state index contributed by atoms with van der Waals surface area (Å²) in [6.45, 7) is 13.4. The molecule has 5 aromatic carbocycles. The summed E-state index contributed by atoms with van der Waals surface area (Å²) >= 11 is 12.1. The number of carbonyl (C=O) groups is 2. The molecule has 0 bridgehead atoms. The molecule has 0 aliphatic carbocycles. The predicted molar refractivity (Wildman–Crippen MR) is 226 cm³/mol. The van der Waals surface area contributed by atoms with E-state index in [1.54, 1.807) is 50.2 Å². The lowest BCUT2D eigenvalue weighted by Gasteiger charge is -2.28. The second-order valence-corrected chi connectivity index (χ2v) is 16.8. The lowest BCUT2D eigenvalue weighted by molar-refractivity contribution is -0.117. The minimum atomic E-state index is -0.470. The monoisotopic (exact) mass is 804 g/mol. The Morgan fingerprint density at radius 1 is 0.579 bits per heavy atom. The Kier molecular flexibility index (Phi) is 11.9. The Labute approximate surface area is 342 Å². The van der Waals surface area contributed by atoms with Crippen molar-refractivity contribution in [2.45, 2.75) is 85.0 Å². The van der Waals surface area contributed by atoms with Gasteiger partial charge in [0.2, 0.25) is 0 Å². The van der Waals surface area contributed by atoms with Crippen LogP contribution < -0.4 is 0 Å². The molecule has 12 heteroatoms. The summed E-state index contributed by atoms with van der Waals surface area (Å²) in [4.78, 5) is 25.9. The molecule has 0 fully saturated rings. The van der Waals surface area contributed by atoms with E-state index < -0.39 is 5.41 Å². The molecular formula is C45H46Cl2N6O4. The van der Waals surface area contributed by atoms with Gasteiger partial charge in [0.1, 0.15) is 56.5 Å². The average molecular weight is 806 g/mol. The van der Waals surface area contributed by atoms with Crippen LogP contribution in [0.15, 0.2) is 91.0 Å². The van der Waals surface area contributed by atoms with Gasteiger partial charge in [0.05, 0.1) is 0 Å². The minimum absolute atomic E-state index is 0.117. The van der Waals surface area contributed by atoms with Gasteiger partial charge in [0, 0.05) is 39.4 Å². The molecule has 2 heterocycles. The van der Waals surface area contributed by atoms with Crippen molar-refractivity contribution < 1.29 is 19.8 Å². The number of fused-ring (bicyclic) bond motifs is 2. The molecule has 2 N–H and O–H groups in total. The number of phenolic OH excluding ortho intramolecular Hbond substituents is 2. The van der Waals surface area contributed by atoms with Crippen LogP contribution in [0.2, 0.25) is 10.0 Å². The van der Waals surface area contributed by atoms with E-state index in [1.807, 2.05) is 75.4 Å². The number of aromatic nitrogens is 6. The first kappa shape index (κ1) is 41.1. The summed E-state index contributed by atoms with van der Waals surface area (Å²) in [7, 11) is 0. The second-order valence-electron chi connectivity index (χ2n) is 15.9. The van der Waals surface area contributed by atoms with Crippen LogP contribution in [0.5, 0.6) is 11.5 Å². The highest BCUT2D eigenvalue weighted by Crippen LogP contribution is 2.41. The van der Waals surface area contributed by atoms with Crippen molar-refractivity contribution in [3.8, 4) is 22.9 Å². The van der Waals surface area contributed by atoms with Gasteiger partial charge < -0.3 is 19.8 Å². The van der Waals surface area contributed by atoms with E-state index in [4.69, 9.17) is 23.2 Å². The van der Waals surface area contributed by atoms with Gasteiger partial charge in [-0.05, 0) is 97.3 Å². The van der Waals surface area contributed by atoms with E-state index in [9.17, 15) is 19.8 Å². The zero-order chi connectivity index (χ0) is 41.2. The van der Waals surface area contributed by atoms with E-state index in [-0.39, 0.29) is 28.5 Å². The molecule has 0 saturated carbocycles. The summed E-state index contributed by atoms with van der Waals surface area (Å²) in [6.07, 6.45) is 2.07. The zero-order valence-corrected chi connectivity index (χ0v) is 34.7. The van der Waals surface area contributed by atoms with Crippen LogP contribution in [0.25, 0.3) is 33.4 Å². The van der Waals surface area contributed by atoms with E-state index in [2.05, 4.69) is 34.2 Å². The summed E-state index contributed by atoms with van der Waals surface area (Å²) in [5.74, 6) is 0.521. The van der Waals surface area contributed by atoms with Crippen LogP contribution in [-0.4, -0.2) is 51.8 Å². The topological polar surface area (TPSA) is 136 Å². The predicted octanol–water partition coefficient (Wildman–Crippen LogP) is 10.2. The molecule has 7 rings (SSSR count). The van der Waals surface area contributed by atoms with Crippen LogP contribution in [0.3, 0.4) is 0 Å². The Hall–Kier alpha value is -5.58. The molecular weight excluding hydrogens is 759 g/mol. The number of hydrogen-bond donors (Lipinski definition) is 2. The third kappa shape index (κ3) is 9.35. The third-order valence-electron chi connectivity index (χ3n) is 9.92. The highest BCUT2D eigenvalue weighted by atomic mass is 35.5. The van der Waals surface area contributed by atoms with Gasteiger partial charge in [-0.2, -0.15) is 0 Å². The Morgan fingerprint density at radius 3 is 1.44 bits per heavy atom. The van der Waals surface area contributed by atoms with Crippen molar-refractivity contribution in [3.05, 3.63) is 129 Å². The van der Waals surface area contributed by atoms with E-state index in [0.717, 1.165) is 27.8 Å². The molecule has 0 spiro atoms. The zero-order valence-electron chi connectivity index (χ0n) is 33.1. The molecule has 2 aromatic heterocycles. The molecule has 0 aliphatic rings. The van der Waals surface area contributed by atoms with E-state index in [1.165, 1.54) is 9.59 Å². The fourth-order valence-corrected chi connectivity index (χ4v) is 6.97. The SMILES string of the molecule is CC(=O)CCc1cc(-n2nc3ccc(Cl)cc3n2)c(O)c(C(C)(C)C)c1.CC(=O)CCc1cc(-n2nc3ccc(Cl)cc3n2)c(O)c(C(C)(C)c2ccccc2)c1. The summed E-state index contributed by atoms with van der Waals surface area (Å²) in [5.41, 5.74) is 7.47. The molecule has 57 heavy (non-hydrogen) atoms. The molecule has 0 amide bonds. The normalized spacial score (nSPS) is 11.8. The fraction of sp³-hybridized carbons (Fsp3) is 0.289. The smallest absolute Gasteiger partial charge is 0.147 e. The average Bonchev–Trinajstić information content (AvgIpc) is 3.77. The highest BCUT2D eigenvalue weighted by Gasteiger charge is 2.29. The van der Waals surface area contributed by atoms with Crippen molar-refractivity contribution in [2.75, 3.05) is 0 Å². The second kappa shape index (κ2) is 16.5. The molecule has 0 saturated heterocycles. The molecule has 0 atom stereocenters. The molecule has 294 valence electrons. The van der Waals surface area contributed by atoms with Crippen molar-refractivity contribution in [2.24, 2.45) is 0 Å². The highest BCUT2D eigenvalue weighted by molar-refractivity contribution is 6.31. The first-order chi connectivity index (χ1) is 26.9. The summed E-state index contributed by atoms with van der Waals surface area (Å²) in [5, 5.41) is 41.3. The molecule has 10 nitrogen and oxygen atoms in total. The molecule has 0 aliphatic heterocycles. The van der Waals surface area contributed by atoms with Crippen LogP contribution in [-0.2, 0) is 33.3 Å². The number of phenols is 2. The van der Waals surface area contributed by atoms with Gasteiger partial charge in [-0.1, -0.05) is 100 Å². The first-order valence-electron chi connectivity index (χ1n) is 18.7. The van der Waals surface area contributed by atoms with Gasteiger partial charge in [-0.15, -0.1) is 30.0 Å². The molecule has 0 unspecified atom stereocenters. The number of rotatable bonds is 10. The van der Waals surface area contributed by atoms with Crippen LogP contribution in [0.1, 0.15) is 89.1 Å². The largest absolute Gasteiger partial charge is 0.505 e. The number of halogens is 2. The summed E-state index contributed by atoms with van der Waals surface area (Å²) < 4.78 is 0. The Bertz CT molecular complexity index is 2610. The first-order valence-corrected chi connectivity index (χ1v) is 19.5. The van der Waals surface area contributed by atoms with Gasteiger partial charge in [-0.3, -0.25) is 0 Å². The fourth-order valence-electron chi connectivity index (χ4n) is 6.64. The minimum Gasteiger partial charge on any atom is -0.505 e. The van der Waals surface area contributed by atoms with Crippen LogP contribution in [0, 0.1) is 0 Å². The van der Waals surface area contributed by atoms with Crippen molar-refractivity contribution in [3.63, 3.8) is 0 Å². The van der Waals surface area contributed by atoms with Crippen LogP contribution >= 0.6 is 23.2 Å². The Morgan fingerprint density at radius 2 is 1.00 bits per heavy atom. The maximum Gasteiger partial charge on any atom is 0.147 e. The van der Waals surface area contributed by atoms with E-state index in [0.29, 0.717) is 69.2 Å². The van der Waals surface area contributed by atoms with Crippen LogP contribution in [0.4, 0.5) is 0 Å². The Balaban J connectivity index is 0.000000196. The third-order valence-corrected chi connectivity index (χ3v) is 10.4. The van der Waals surface area contributed by atoms with Gasteiger partial charge in [-0.25, -0.2) is 0 Å². The van der Waals surface area contributed by atoms with E-state index >= 15 is 0 Å². The number of hydrogen-bond acceptors (Lipinski definition) is 8. The number of Topliss-reactive ketones (excluding diaryl/α,β-unsaturated/α-hetero) is 2. The number of nitrogens with zero attached hydrogens (tertiary/aromatic N) is 6. The molecule has 0 radical (unpaired) electrons. The number of aromatic hydroxyl groups is 2. The number of aryl methyl sites for hydroxylation is 2. The maximum atomic E-state index is 11.6. The lowest BCUT2D eigenvalue weighted by Crippen LogP contribution is -2.20. The van der Waals surface area contributed by atoms with Crippen molar-refractivity contribution in [1.29, 1.82) is 0 Å². The van der Waals surface area contributed by atoms with Gasteiger partial charge >= 0.3 is 0 Å². The standard InChI is InChI=1S/C25H24ClN3O2.C20H22ClN3O2/c1-16(30)9-10-17-13-20(25(2,3)18-7-5-4-6-8-18)24(31)23(14-17)29-27-21-12-11-19(26)15-22(21)28-29;1-12(25)5-6-13-9-15(20(2,3)4)19(26)18(10-13)24-22-16-8-7-14(21)11-17(16)23-24/h4-8,11-15,31H,9-10H2,1-3H3;7-11,26H,5-6H2,1-4H3.